The molecular formula is C16H21NO5. The molecule has 1 fully saturated rings. The van der Waals surface area contributed by atoms with Gasteiger partial charge in [0.1, 0.15) is 17.4 Å². The Hall–Kier alpha value is -2.24. The molecule has 22 heavy (non-hydrogen) atoms. The van der Waals surface area contributed by atoms with Crippen molar-refractivity contribution in [2.45, 2.75) is 51.3 Å². The topological polar surface area (TPSA) is 87.1 Å². The number of hydrogen-bond acceptors (Lipinski definition) is 4. The quantitative estimate of drug-likeness (QED) is 0.877. The van der Waals surface area contributed by atoms with Crippen LogP contribution in [0.2, 0.25) is 0 Å². The van der Waals surface area contributed by atoms with Gasteiger partial charge in [-0.1, -0.05) is 12.1 Å². The number of amides is 1. The van der Waals surface area contributed by atoms with Gasteiger partial charge in [0.15, 0.2) is 0 Å². The lowest BCUT2D eigenvalue weighted by Crippen LogP contribution is -2.44. The van der Waals surface area contributed by atoms with E-state index in [1.807, 2.05) is 0 Å². The molecule has 0 spiro atoms. The van der Waals surface area contributed by atoms with E-state index in [1.54, 1.807) is 32.9 Å². The van der Waals surface area contributed by atoms with Crippen molar-refractivity contribution >= 4 is 12.1 Å². The average Bonchev–Trinajstić information content (AvgIpc) is 2.82. The van der Waals surface area contributed by atoms with E-state index in [1.165, 1.54) is 17.0 Å². The highest BCUT2D eigenvalue weighted by Crippen LogP contribution is 2.37. The Kier molecular flexibility index (Phi) is 4.30. The number of phenolic OH excluding ortho intramolecular Hbond substituents is 1. The first-order valence-electron chi connectivity index (χ1n) is 7.22. The number of benzene rings is 1. The number of aromatic hydroxyl groups is 1. The highest BCUT2D eigenvalue weighted by atomic mass is 16.6. The Morgan fingerprint density at radius 1 is 1.18 bits per heavy atom. The van der Waals surface area contributed by atoms with Crippen LogP contribution in [0.15, 0.2) is 24.3 Å². The van der Waals surface area contributed by atoms with Gasteiger partial charge in [0.25, 0.3) is 0 Å². The van der Waals surface area contributed by atoms with E-state index >= 15 is 0 Å². The number of hydrogen-bond donors (Lipinski definition) is 2. The number of rotatable bonds is 2. The van der Waals surface area contributed by atoms with Crippen molar-refractivity contribution in [3.63, 3.8) is 0 Å². The third-order valence-corrected chi connectivity index (χ3v) is 3.55. The van der Waals surface area contributed by atoms with Gasteiger partial charge in [-0.2, -0.15) is 0 Å². The largest absolute Gasteiger partial charge is 0.508 e. The average molecular weight is 307 g/mol. The maximum absolute atomic E-state index is 12.4. The highest BCUT2D eigenvalue weighted by molar-refractivity contribution is 5.81. The summed E-state index contributed by atoms with van der Waals surface area (Å²) in [6.07, 6.45) is 0.289. The van der Waals surface area contributed by atoms with Crippen LogP contribution in [-0.4, -0.2) is 38.8 Å². The van der Waals surface area contributed by atoms with Crippen LogP contribution in [0.1, 0.15) is 45.2 Å². The molecule has 2 rings (SSSR count). The summed E-state index contributed by atoms with van der Waals surface area (Å²) in [4.78, 5) is 25.1. The molecule has 0 radical (unpaired) electrons. The molecule has 1 saturated heterocycles. The Morgan fingerprint density at radius 3 is 2.27 bits per heavy atom. The summed E-state index contributed by atoms with van der Waals surface area (Å²) in [6.45, 7) is 5.23. The van der Waals surface area contributed by atoms with E-state index in [2.05, 4.69) is 0 Å². The zero-order valence-corrected chi connectivity index (χ0v) is 12.9. The number of carbonyl (C=O) groups excluding carboxylic acids is 1. The second-order valence-electron chi connectivity index (χ2n) is 6.43. The number of carboxylic acids is 1. The first kappa shape index (κ1) is 16.1. The summed E-state index contributed by atoms with van der Waals surface area (Å²) in [5.41, 5.74) is 0.0924. The zero-order chi connectivity index (χ0) is 16.5. The number of phenols is 1. The Morgan fingerprint density at radius 2 is 1.77 bits per heavy atom. The van der Waals surface area contributed by atoms with Crippen molar-refractivity contribution in [3.05, 3.63) is 29.8 Å². The van der Waals surface area contributed by atoms with Crippen LogP contribution in [0.3, 0.4) is 0 Å². The lowest BCUT2D eigenvalue weighted by molar-refractivity contribution is -0.142. The van der Waals surface area contributed by atoms with Gasteiger partial charge in [-0.25, -0.2) is 9.59 Å². The van der Waals surface area contributed by atoms with Crippen LogP contribution in [0.5, 0.6) is 5.75 Å². The molecular weight excluding hydrogens is 286 g/mol. The molecule has 0 saturated carbocycles. The van der Waals surface area contributed by atoms with Crippen molar-refractivity contribution in [3.8, 4) is 5.75 Å². The second-order valence-corrected chi connectivity index (χ2v) is 6.43. The zero-order valence-electron chi connectivity index (χ0n) is 12.9. The molecule has 1 amide bonds. The fraction of sp³-hybridized carbons (Fsp3) is 0.500. The number of carbonyl (C=O) groups is 2. The Labute approximate surface area is 129 Å². The van der Waals surface area contributed by atoms with Crippen molar-refractivity contribution < 1.29 is 24.5 Å². The monoisotopic (exact) mass is 307 g/mol. The minimum Gasteiger partial charge on any atom is -0.508 e. The van der Waals surface area contributed by atoms with Crippen LogP contribution in [0.25, 0.3) is 0 Å². The fourth-order valence-electron chi connectivity index (χ4n) is 2.65. The molecule has 1 heterocycles. The van der Waals surface area contributed by atoms with E-state index < -0.39 is 23.7 Å². The normalized spacial score (nSPS) is 21.7. The third-order valence-electron chi connectivity index (χ3n) is 3.55. The predicted molar refractivity (Wildman–Crippen MR) is 79.6 cm³/mol. The Bertz CT molecular complexity index is 561. The van der Waals surface area contributed by atoms with Gasteiger partial charge in [-0.3, -0.25) is 4.90 Å². The third kappa shape index (κ3) is 3.50. The van der Waals surface area contributed by atoms with Gasteiger partial charge >= 0.3 is 12.1 Å². The van der Waals surface area contributed by atoms with Gasteiger partial charge in [0.05, 0.1) is 6.04 Å². The minimum absolute atomic E-state index is 0.125. The van der Waals surface area contributed by atoms with Crippen LogP contribution in [0, 0.1) is 0 Å². The molecule has 1 aromatic rings. The highest BCUT2D eigenvalue weighted by Gasteiger charge is 2.43. The van der Waals surface area contributed by atoms with E-state index in [4.69, 9.17) is 4.74 Å². The molecule has 1 aliphatic heterocycles. The first-order chi connectivity index (χ1) is 10.2. The molecule has 0 aliphatic carbocycles. The maximum Gasteiger partial charge on any atom is 0.411 e. The summed E-state index contributed by atoms with van der Waals surface area (Å²) >= 11 is 0. The summed E-state index contributed by atoms with van der Waals surface area (Å²) in [5.74, 6) is -0.910. The molecule has 0 unspecified atom stereocenters. The summed E-state index contributed by atoms with van der Waals surface area (Å²) < 4.78 is 5.35. The van der Waals surface area contributed by atoms with Crippen LogP contribution in [-0.2, 0) is 9.53 Å². The predicted octanol–water partition coefficient (Wildman–Crippen LogP) is 2.92. The smallest absolute Gasteiger partial charge is 0.411 e. The molecule has 6 nitrogen and oxygen atoms in total. The molecule has 2 N–H and O–H groups in total. The molecule has 120 valence electrons. The molecule has 1 aromatic carbocycles. The van der Waals surface area contributed by atoms with Crippen molar-refractivity contribution in [2.75, 3.05) is 0 Å². The van der Waals surface area contributed by atoms with Crippen molar-refractivity contribution in [1.82, 2.24) is 4.90 Å². The number of nitrogens with zero attached hydrogens (tertiary/aromatic N) is 1. The Balaban J connectivity index is 2.30. The fourth-order valence-corrected chi connectivity index (χ4v) is 2.65. The van der Waals surface area contributed by atoms with Gasteiger partial charge in [-0.15, -0.1) is 0 Å². The van der Waals surface area contributed by atoms with E-state index in [-0.39, 0.29) is 11.8 Å². The van der Waals surface area contributed by atoms with Gasteiger partial charge in [-0.05, 0) is 51.3 Å². The van der Waals surface area contributed by atoms with Gasteiger partial charge in [0.2, 0.25) is 0 Å². The van der Waals surface area contributed by atoms with Crippen molar-refractivity contribution in [2.24, 2.45) is 0 Å². The SMILES string of the molecule is CC(C)(C)OC(=O)N1[C@@H](c2ccc(O)cc2)CC[C@H]1C(=O)O. The molecule has 2 atom stereocenters. The number of ether oxygens (including phenoxy) is 1. The second kappa shape index (κ2) is 5.87. The first-order valence-corrected chi connectivity index (χ1v) is 7.22. The maximum atomic E-state index is 12.4. The van der Waals surface area contributed by atoms with Gasteiger partial charge in [0, 0.05) is 0 Å². The lowest BCUT2D eigenvalue weighted by atomic mass is 10.0. The molecule has 0 bridgehead atoms. The van der Waals surface area contributed by atoms with Gasteiger partial charge < -0.3 is 14.9 Å². The van der Waals surface area contributed by atoms with E-state index in [9.17, 15) is 19.8 Å². The van der Waals surface area contributed by atoms with Crippen LogP contribution >= 0.6 is 0 Å². The van der Waals surface area contributed by atoms with Crippen LogP contribution in [0.4, 0.5) is 4.79 Å². The molecule has 1 aliphatic rings. The molecule has 6 heteroatoms. The number of carboxylic acid groups (broad SMARTS) is 1. The number of aliphatic carboxylic acids is 1. The minimum atomic E-state index is -1.04. The number of likely N-dealkylation sites (tertiary alicyclic amines) is 1. The lowest BCUT2D eigenvalue weighted by Gasteiger charge is -2.31. The summed E-state index contributed by atoms with van der Waals surface area (Å²) in [6, 6.07) is 5.18. The van der Waals surface area contributed by atoms with E-state index in [0.717, 1.165) is 5.56 Å². The van der Waals surface area contributed by atoms with Crippen molar-refractivity contribution in [1.29, 1.82) is 0 Å². The van der Waals surface area contributed by atoms with Crippen LogP contribution < -0.4 is 0 Å². The standard InChI is InChI=1S/C16H21NO5/c1-16(2,3)22-15(21)17-12(8-9-13(17)14(19)20)10-4-6-11(18)7-5-10/h4-7,12-13,18H,8-9H2,1-3H3,(H,19,20)/t12-,13+/m1/s1. The van der Waals surface area contributed by atoms with E-state index in [0.29, 0.717) is 12.8 Å². The summed E-state index contributed by atoms with van der Waals surface area (Å²) in [7, 11) is 0. The molecule has 0 aromatic heterocycles. The summed E-state index contributed by atoms with van der Waals surface area (Å²) in [5, 5.41) is 18.7.